The molecule has 0 spiro atoms. The molecule has 0 saturated carbocycles. The van der Waals surface area contributed by atoms with Gasteiger partial charge in [-0.25, -0.2) is 0 Å². The molecule has 0 bridgehead atoms. The number of fused-ring (bicyclic) bond motifs is 1. The first-order valence-corrected chi connectivity index (χ1v) is 8.64. The molecule has 1 heterocycles. The van der Waals surface area contributed by atoms with Crippen molar-refractivity contribution in [1.29, 1.82) is 0 Å². The summed E-state index contributed by atoms with van der Waals surface area (Å²) in [4.78, 5) is 11.9. The van der Waals surface area contributed by atoms with E-state index in [0.29, 0.717) is 12.0 Å². The fourth-order valence-electron chi connectivity index (χ4n) is 3.37. The summed E-state index contributed by atoms with van der Waals surface area (Å²) in [6.45, 7) is 8.10. The third-order valence-corrected chi connectivity index (χ3v) is 4.64. The molecule has 3 atom stereocenters. The Morgan fingerprint density at radius 1 is 1.42 bits per heavy atom. The summed E-state index contributed by atoms with van der Waals surface area (Å²) in [6.07, 6.45) is 10.0. The number of aliphatic hydroxyl groups excluding tert-OH is 1. The highest BCUT2D eigenvalue weighted by Crippen LogP contribution is 2.41. The standard InChI is InChI=1S/C20H28O4/c1-5-7-14-12-16(21)15-9-11-20(4,10-6-8-13(2)3)24-18(15)17(14)19(22)23/h8-9,11-12,17-18,21H,5-7,10H2,1-4H3,(H,22,23)/t17?,18-,20?/m1/s1. The van der Waals surface area contributed by atoms with Crippen LogP contribution in [0.3, 0.4) is 0 Å². The summed E-state index contributed by atoms with van der Waals surface area (Å²) in [5, 5.41) is 20.0. The number of ether oxygens (including phenoxy) is 1. The molecule has 0 saturated heterocycles. The molecule has 0 aromatic rings. The van der Waals surface area contributed by atoms with Gasteiger partial charge in [-0.3, -0.25) is 4.79 Å². The molecule has 132 valence electrons. The molecule has 24 heavy (non-hydrogen) atoms. The Morgan fingerprint density at radius 2 is 2.12 bits per heavy atom. The SMILES string of the molecule is CCCC1=CC(O)=C2C=CC(C)(CCC=C(C)C)O[C@H]2C1C(=O)O. The second-order valence-corrected chi connectivity index (χ2v) is 7.13. The van der Waals surface area contributed by atoms with Crippen molar-refractivity contribution in [3.8, 4) is 0 Å². The van der Waals surface area contributed by atoms with E-state index in [1.807, 2.05) is 26.0 Å². The molecule has 0 aromatic carbocycles. The lowest BCUT2D eigenvalue weighted by molar-refractivity contribution is -0.148. The van der Waals surface area contributed by atoms with Crippen LogP contribution in [-0.2, 0) is 9.53 Å². The number of hydrogen-bond acceptors (Lipinski definition) is 3. The predicted molar refractivity (Wildman–Crippen MR) is 94.9 cm³/mol. The largest absolute Gasteiger partial charge is 0.508 e. The van der Waals surface area contributed by atoms with Crippen molar-refractivity contribution in [1.82, 2.24) is 0 Å². The van der Waals surface area contributed by atoms with Crippen LogP contribution < -0.4 is 0 Å². The molecule has 4 nitrogen and oxygen atoms in total. The zero-order valence-electron chi connectivity index (χ0n) is 15.0. The minimum atomic E-state index is -0.897. The Hall–Kier alpha value is -1.81. The van der Waals surface area contributed by atoms with E-state index in [4.69, 9.17) is 4.74 Å². The maximum absolute atomic E-state index is 11.9. The molecule has 0 amide bonds. The van der Waals surface area contributed by atoms with Crippen LogP contribution in [0.1, 0.15) is 53.4 Å². The van der Waals surface area contributed by atoms with Crippen molar-refractivity contribution >= 4 is 5.97 Å². The second kappa shape index (κ2) is 7.39. The van der Waals surface area contributed by atoms with Crippen molar-refractivity contribution in [2.75, 3.05) is 0 Å². The van der Waals surface area contributed by atoms with E-state index < -0.39 is 23.6 Å². The summed E-state index contributed by atoms with van der Waals surface area (Å²) in [6, 6.07) is 0. The van der Waals surface area contributed by atoms with E-state index in [1.54, 1.807) is 6.08 Å². The van der Waals surface area contributed by atoms with E-state index in [2.05, 4.69) is 19.9 Å². The molecule has 2 unspecified atom stereocenters. The van der Waals surface area contributed by atoms with Crippen LogP contribution in [-0.4, -0.2) is 27.9 Å². The molecule has 0 fully saturated rings. The topological polar surface area (TPSA) is 66.8 Å². The van der Waals surface area contributed by atoms with Gasteiger partial charge in [-0.2, -0.15) is 0 Å². The van der Waals surface area contributed by atoms with Gasteiger partial charge < -0.3 is 14.9 Å². The van der Waals surface area contributed by atoms with Crippen molar-refractivity contribution in [2.45, 2.75) is 65.1 Å². The summed E-state index contributed by atoms with van der Waals surface area (Å²) < 4.78 is 6.22. The van der Waals surface area contributed by atoms with Crippen LogP contribution in [0.15, 0.2) is 46.8 Å². The Kier molecular flexibility index (Phi) is 5.70. The number of carboxylic acids is 1. The van der Waals surface area contributed by atoms with Crippen LogP contribution in [0.2, 0.25) is 0 Å². The molecule has 2 aliphatic rings. The van der Waals surface area contributed by atoms with Gasteiger partial charge in [0, 0.05) is 5.57 Å². The van der Waals surface area contributed by atoms with Gasteiger partial charge in [-0.1, -0.05) is 37.1 Å². The van der Waals surface area contributed by atoms with Crippen molar-refractivity contribution in [3.05, 3.63) is 46.8 Å². The van der Waals surface area contributed by atoms with Crippen molar-refractivity contribution < 1.29 is 19.7 Å². The molecule has 2 rings (SSSR count). The van der Waals surface area contributed by atoms with Gasteiger partial charge in [0.2, 0.25) is 0 Å². The molecular formula is C20H28O4. The number of carbonyl (C=O) groups is 1. The number of hydrogen-bond donors (Lipinski definition) is 2. The van der Waals surface area contributed by atoms with Gasteiger partial charge >= 0.3 is 5.97 Å². The van der Waals surface area contributed by atoms with E-state index in [1.165, 1.54) is 5.57 Å². The zero-order chi connectivity index (χ0) is 17.9. The zero-order valence-corrected chi connectivity index (χ0v) is 15.0. The highest BCUT2D eigenvalue weighted by atomic mass is 16.5. The number of aliphatic carboxylic acids is 1. The Morgan fingerprint density at radius 3 is 2.71 bits per heavy atom. The third kappa shape index (κ3) is 3.99. The van der Waals surface area contributed by atoms with Gasteiger partial charge in [0.1, 0.15) is 17.8 Å². The number of rotatable bonds is 6. The van der Waals surface area contributed by atoms with Crippen LogP contribution in [0.4, 0.5) is 0 Å². The summed E-state index contributed by atoms with van der Waals surface area (Å²) in [5.74, 6) is -1.50. The van der Waals surface area contributed by atoms with Gasteiger partial charge in [-0.05, 0) is 51.7 Å². The second-order valence-electron chi connectivity index (χ2n) is 7.13. The minimum absolute atomic E-state index is 0.128. The van der Waals surface area contributed by atoms with E-state index >= 15 is 0 Å². The molecule has 0 radical (unpaired) electrons. The van der Waals surface area contributed by atoms with E-state index in [0.717, 1.165) is 24.8 Å². The maximum Gasteiger partial charge on any atom is 0.313 e. The Balaban J connectivity index is 2.31. The average Bonchev–Trinajstić information content (AvgIpc) is 2.46. The lowest BCUT2D eigenvalue weighted by Crippen LogP contribution is -2.44. The van der Waals surface area contributed by atoms with Gasteiger partial charge in [0.15, 0.2) is 0 Å². The lowest BCUT2D eigenvalue weighted by atomic mass is 9.78. The minimum Gasteiger partial charge on any atom is -0.508 e. The quantitative estimate of drug-likeness (QED) is 0.692. The Labute approximate surface area is 144 Å². The number of carboxylic acid groups (broad SMARTS) is 1. The lowest BCUT2D eigenvalue weighted by Gasteiger charge is -2.41. The molecule has 4 heteroatoms. The average molecular weight is 332 g/mol. The molecular weight excluding hydrogens is 304 g/mol. The molecule has 1 aliphatic carbocycles. The normalized spacial score (nSPS) is 29.1. The summed E-state index contributed by atoms with van der Waals surface area (Å²) in [7, 11) is 0. The fourth-order valence-corrected chi connectivity index (χ4v) is 3.37. The first-order chi connectivity index (χ1) is 11.3. The van der Waals surface area contributed by atoms with E-state index in [-0.39, 0.29) is 5.76 Å². The molecule has 2 N–H and O–H groups in total. The van der Waals surface area contributed by atoms with Crippen LogP contribution in [0.5, 0.6) is 0 Å². The van der Waals surface area contributed by atoms with Gasteiger partial charge in [-0.15, -0.1) is 0 Å². The first kappa shape index (κ1) is 18.5. The smallest absolute Gasteiger partial charge is 0.313 e. The molecule has 0 aromatic heterocycles. The highest BCUT2D eigenvalue weighted by molar-refractivity contribution is 5.77. The van der Waals surface area contributed by atoms with Gasteiger partial charge in [0.25, 0.3) is 0 Å². The number of allylic oxidation sites excluding steroid dienone is 3. The van der Waals surface area contributed by atoms with Crippen LogP contribution in [0.25, 0.3) is 0 Å². The Bertz CT molecular complexity index is 620. The fraction of sp³-hybridized carbons (Fsp3) is 0.550. The van der Waals surface area contributed by atoms with Crippen molar-refractivity contribution in [3.63, 3.8) is 0 Å². The molecule has 1 aliphatic heterocycles. The first-order valence-electron chi connectivity index (χ1n) is 8.64. The van der Waals surface area contributed by atoms with Crippen molar-refractivity contribution in [2.24, 2.45) is 5.92 Å². The summed E-state index contributed by atoms with van der Waals surface area (Å²) in [5.41, 5.74) is 2.04. The van der Waals surface area contributed by atoms with Gasteiger partial charge in [0.05, 0.1) is 5.60 Å². The third-order valence-electron chi connectivity index (χ3n) is 4.64. The van der Waals surface area contributed by atoms with E-state index in [9.17, 15) is 15.0 Å². The summed E-state index contributed by atoms with van der Waals surface area (Å²) >= 11 is 0. The number of aliphatic hydroxyl groups is 1. The predicted octanol–water partition coefficient (Wildman–Crippen LogP) is 4.70. The highest BCUT2D eigenvalue weighted by Gasteiger charge is 2.43. The van der Waals surface area contributed by atoms with Crippen LogP contribution >= 0.6 is 0 Å². The monoisotopic (exact) mass is 332 g/mol. The maximum atomic E-state index is 11.9. The van der Waals surface area contributed by atoms with Crippen LogP contribution in [0, 0.1) is 5.92 Å².